The number of benzene rings is 1. The number of pyridine rings is 2. The number of rotatable bonds is 2. The molecule has 5 rings (SSSR count). The molecule has 0 aliphatic carbocycles. The van der Waals surface area contributed by atoms with E-state index in [2.05, 4.69) is 4.98 Å². The highest BCUT2D eigenvalue weighted by molar-refractivity contribution is 6.62. The topological polar surface area (TPSA) is 57.4 Å². The third-order valence-corrected chi connectivity index (χ3v) is 5.87. The smallest absolute Gasteiger partial charge is 0.438 e. The maximum Gasteiger partial charge on any atom is 0.496 e. The maximum atomic E-state index is 6.12. The Hall–Kier alpha value is -2.70. The molecule has 0 N–H and O–H groups in total. The Morgan fingerprint density at radius 3 is 2.32 bits per heavy atom. The second-order valence-corrected chi connectivity index (χ2v) is 8.20. The van der Waals surface area contributed by atoms with Gasteiger partial charge in [-0.15, -0.1) is 0 Å². The Bertz CT molecular complexity index is 1170. The van der Waals surface area contributed by atoms with Crippen LogP contribution < -0.4 is 5.46 Å². The summed E-state index contributed by atoms with van der Waals surface area (Å²) >= 11 is 0. The van der Waals surface area contributed by atoms with Crippen molar-refractivity contribution in [1.29, 1.82) is 0 Å². The number of nitrogens with zero attached hydrogens (tertiary/aromatic N) is 2. The highest BCUT2D eigenvalue weighted by atomic mass is 16.7. The van der Waals surface area contributed by atoms with Crippen LogP contribution in [-0.4, -0.2) is 28.3 Å². The summed E-state index contributed by atoms with van der Waals surface area (Å²) < 4.78 is 18.1. The minimum Gasteiger partial charge on any atom is -0.438 e. The van der Waals surface area contributed by atoms with Crippen molar-refractivity contribution in [1.82, 2.24) is 9.97 Å². The molecule has 0 spiro atoms. The van der Waals surface area contributed by atoms with E-state index in [9.17, 15) is 0 Å². The van der Waals surface area contributed by atoms with Gasteiger partial charge >= 0.3 is 7.12 Å². The second kappa shape index (κ2) is 5.90. The summed E-state index contributed by atoms with van der Waals surface area (Å²) in [5, 5.41) is 2.02. The average molecular weight is 372 g/mol. The van der Waals surface area contributed by atoms with Crippen LogP contribution in [0.15, 0.2) is 59.3 Å². The van der Waals surface area contributed by atoms with Gasteiger partial charge in [0.2, 0.25) is 5.71 Å². The Morgan fingerprint density at radius 1 is 0.857 bits per heavy atom. The quantitative estimate of drug-likeness (QED) is 0.490. The highest BCUT2D eigenvalue weighted by Crippen LogP contribution is 2.37. The first-order valence-electron chi connectivity index (χ1n) is 9.44. The summed E-state index contributed by atoms with van der Waals surface area (Å²) in [6.45, 7) is 8.19. The predicted molar refractivity (Wildman–Crippen MR) is 110 cm³/mol. The van der Waals surface area contributed by atoms with Gasteiger partial charge in [-0.2, -0.15) is 0 Å². The van der Waals surface area contributed by atoms with E-state index in [1.54, 1.807) is 6.20 Å². The molecule has 0 radical (unpaired) electrons. The zero-order chi connectivity index (χ0) is 19.5. The third-order valence-electron chi connectivity index (χ3n) is 5.87. The largest absolute Gasteiger partial charge is 0.496 e. The van der Waals surface area contributed by atoms with Gasteiger partial charge in [0, 0.05) is 28.8 Å². The van der Waals surface area contributed by atoms with Gasteiger partial charge in [-0.05, 0) is 45.9 Å². The number of furan rings is 1. The molecule has 28 heavy (non-hydrogen) atoms. The molecule has 0 amide bonds. The van der Waals surface area contributed by atoms with Crippen LogP contribution in [0.1, 0.15) is 27.7 Å². The molecule has 0 bridgehead atoms. The molecule has 4 aromatic rings. The molecule has 140 valence electrons. The molecule has 6 heteroatoms. The zero-order valence-corrected chi connectivity index (χ0v) is 16.4. The lowest BCUT2D eigenvalue weighted by Gasteiger charge is -2.32. The van der Waals surface area contributed by atoms with Gasteiger partial charge in [-0.3, -0.25) is 4.98 Å². The molecule has 1 saturated heterocycles. The van der Waals surface area contributed by atoms with Crippen molar-refractivity contribution >= 4 is 34.7 Å². The Kier molecular flexibility index (Phi) is 3.67. The summed E-state index contributed by atoms with van der Waals surface area (Å²) in [7, 11) is -0.418. The van der Waals surface area contributed by atoms with Crippen LogP contribution in [0.3, 0.4) is 0 Å². The van der Waals surface area contributed by atoms with Crippen molar-refractivity contribution in [3.05, 3.63) is 54.9 Å². The Labute approximate surface area is 163 Å². The molecule has 3 aromatic heterocycles. The molecular weight excluding hydrogens is 351 g/mol. The monoisotopic (exact) mass is 372 g/mol. The third kappa shape index (κ3) is 2.56. The van der Waals surface area contributed by atoms with Gasteiger partial charge in [-0.1, -0.05) is 24.3 Å². The highest BCUT2D eigenvalue weighted by Gasteiger charge is 2.51. The van der Waals surface area contributed by atoms with Crippen molar-refractivity contribution in [3.63, 3.8) is 0 Å². The molecule has 4 heterocycles. The molecule has 1 aliphatic rings. The molecule has 5 nitrogen and oxygen atoms in total. The first-order valence-corrected chi connectivity index (χ1v) is 9.44. The Balaban J connectivity index is 1.55. The van der Waals surface area contributed by atoms with Gasteiger partial charge in [-0.25, -0.2) is 4.98 Å². The van der Waals surface area contributed by atoms with Gasteiger partial charge in [0.25, 0.3) is 0 Å². The molecule has 1 aromatic carbocycles. The summed E-state index contributed by atoms with van der Waals surface area (Å²) in [4.78, 5) is 9.08. The fourth-order valence-electron chi connectivity index (χ4n) is 3.54. The number of para-hydroxylation sites is 1. The molecule has 1 fully saturated rings. The Morgan fingerprint density at radius 2 is 1.61 bits per heavy atom. The van der Waals surface area contributed by atoms with E-state index in [0.717, 1.165) is 33.1 Å². The zero-order valence-electron chi connectivity index (χ0n) is 16.4. The average Bonchev–Trinajstić information content (AvgIpc) is 3.15. The summed E-state index contributed by atoms with van der Waals surface area (Å²) in [6, 6.07) is 13.9. The molecule has 0 saturated carbocycles. The minimum absolute atomic E-state index is 0.372. The minimum atomic E-state index is -0.418. The van der Waals surface area contributed by atoms with Crippen molar-refractivity contribution in [3.8, 4) is 11.3 Å². The van der Waals surface area contributed by atoms with Gasteiger partial charge in [0.15, 0.2) is 0 Å². The van der Waals surface area contributed by atoms with Crippen LogP contribution in [0.2, 0.25) is 0 Å². The van der Waals surface area contributed by atoms with Gasteiger partial charge in [0.1, 0.15) is 5.58 Å². The molecule has 0 unspecified atom stereocenters. The van der Waals surface area contributed by atoms with Crippen LogP contribution in [0.5, 0.6) is 0 Å². The number of fused-ring (bicyclic) bond motifs is 3. The standard InChI is InChI=1S/C22H21BN2O3/c1-21(2)22(3,4)28-23(27-21)14-9-10-17(25-13-14)15-11-12-24-20-19(15)16-7-5-6-8-18(16)26-20/h5-13H,1-4H3. The van der Waals surface area contributed by atoms with E-state index in [1.807, 2.05) is 76.4 Å². The van der Waals surface area contributed by atoms with Crippen molar-refractivity contribution in [2.45, 2.75) is 38.9 Å². The first kappa shape index (κ1) is 17.4. The van der Waals surface area contributed by atoms with E-state index < -0.39 is 7.12 Å². The number of aromatic nitrogens is 2. The maximum absolute atomic E-state index is 6.12. The fourth-order valence-corrected chi connectivity index (χ4v) is 3.54. The van der Waals surface area contributed by atoms with Crippen LogP contribution >= 0.6 is 0 Å². The lowest BCUT2D eigenvalue weighted by molar-refractivity contribution is 0.00578. The van der Waals surface area contributed by atoms with Crippen LogP contribution in [-0.2, 0) is 9.31 Å². The predicted octanol–water partition coefficient (Wildman–Crippen LogP) is 4.34. The van der Waals surface area contributed by atoms with Crippen LogP contribution in [0.4, 0.5) is 0 Å². The second-order valence-electron chi connectivity index (χ2n) is 8.20. The SMILES string of the molecule is CC1(C)OB(c2ccc(-c3ccnc4oc5ccccc5c34)nc2)OC1(C)C. The molecule has 0 atom stereocenters. The van der Waals surface area contributed by atoms with E-state index in [-0.39, 0.29) is 11.2 Å². The van der Waals surface area contributed by atoms with Crippen LogP contribution in [0, 0.1) is 0 Å². The lowest BCUT2D eigenvalue weighted by atomic mass is 9.80. The fraction of sp³-hybridized carbons (Fsp3) is 0.273. The van der Waals surface area contributed by atoms with E-state index >= 15 is 0 Å². The summed E-state index contributed by atoms with van der Waals surface area (Å²) in [6.07, 6.45) is 3.58. The summed E-state index contributed by atoms with van der Waals surface area (Å²) in [5.41, 5.74) is 3.47. The van der Waals surface area contributed by atoms with E-state index in [4.69, 9.17) is 18.7 Å². The van der Waals surface area contributed by atoms with Crippen molar-refractivity contribution in [2.75, 3.05) is 0 Å². The van der Waals surface area contributed by atoms with Crippen molar-refractivity contribution in [2.24, 2.45) is 0 Å². The number of hydrogen-bond donors (Lipinski definition) is 0. The molecular formula is C22H21BN2O3. The van der Waals surface area contributed by atoms with E-state index in [0.29, 0.717) is 5.71 Å². The van der Waals surface area contributed by atoms with Gasteiger partial charge < -0.3 is 13.7 Å². The van der Waals surface area contributed by atoms with Crippen molar-refractivity contribution < 1.29 is 13.7 Å². The summed E-state index contributed by atoms with van der Waals surface area (Å²) in [5.74, 6) is 0. The normalized spacial score (nSPS) is 18.2. The van der Waals surface area contributed by atoms with Gasteiger partial charge in [0.05, 0.1) is 22.3 Å². The number of hydrogen-bond acceptors (Lipinski definition) is 5. The van der Waals surface area contributed by atoms with E-state index in [1.165, 1.54) is 0 Å². The lowest BCUT2D eigenvalue weighted by Crippen LogP contribution is -2.41. The molecule has 1 aliphatic heterocycles. The van der Waals surface area contributed by atoms with Crippen LogP contribution in [0.25, 0.3) is 33.3 Å². The first-order chi connectivity index (χ1) is 13.4.